The third-order valence-electron chi connectivity index (χ3n) is 7.19. The molecular weight excluding hydrogens is 350 g/mol. The molecule has 0 N–H and O–H groups in total. The average Bonchev–Trinajstić information content (AvgIpc) is 3.27. The lowest BCUT2D eigenvalue weighted by molar-refractivity contribution is 0.209. The summed E-state index contributed by atoms with van der Waals surface area (Å²) in [6, 6.07) is 0.913. The number of hydrogen-bond donors (Lipinski definition) is 0. The molecule has 0 radical (unpaired) electrons. The minimum atomic E-state index is 0.913. The van der Waals surface area contributed by atoms with Crippen LogP contribution < -0.4 is 0 Å². The molecule has 174 valence electrons. The summed E-state index contributed by atoms with van der Waals surface area (Å²) in [7, 11) is 0. The van der Waals surface area contributed by atoms with Crippen molar-refractivity contribution in [2.24, 2.45) is 0 Å². The van der Waals surface area contributed by atoms with Crippen LogP contribution in [0.15, 0.2) is 0 Å². The van der Waals surface area contributed by atoms with Crippen LogP contribution in [0.3, 0.4) is 0 Å². The minimum absolute atomic E-state index is 0.913. The van der Waals surface area contributed by atoms with Crippen LogP contribution in [-0.2, 0) is 0 Å². The summed E-state index contributed by atoms with van der Waals surface area (Å²) in [5, 5.41) is 0. The summed E-state index contributed by atoms with van der Waals surface area (Å²) >= 11 is 0. The van der Waals surface area contributed by atoms with E-state index in [1.165, 1.54) is 161 Å². The maximum Gasteiger partial charge on any atom is 0.00952 e. The lowest BCUT2D eigenvalue weighted by Gasteiger charge is -2.27. The van der Waals surface area contributed by atoms with Gasteiger partial charge in [-0.25, -0.2) is 0 Å². The van der Waals surface area contributed by atoms with Gasteiger partial charge in [0.05, 0.1) is 0 Å². The van der Waals surface area contributed by atoms with Crippen LogP contribution in [0.5, 0.6) is 0 Å². The number of hydrogen-bond acceptors (Lipinski definition) is 1. The predicted octanol–water partition coefficient (Wildman–Crippen LogP) is 9.68. The minimum Gasteiger partial charge on any atom is -0.300 e. The van der Waals surface area contributed by atoms with Crippen LogP contribution in [0.4, 0.5) is 0 Å². The highest BCUT2D eigenvalue weighted by Crippen LogP contribution is 2.22. The fourth-order valence-corrected chi connectivity index (χ4v) is 5.17. The molecule has 0 aromatic rings. The van der Waals surface area contributed by atoms with Gasteiger partial charge in [-0.05, 0) is 38.8 Å². The van der Waals surface area contributed by atoms with Crippen molar-refractivity contribution in [2.45, 2.75) is 168 Å². The average molecular weight is 408 g/mol. The second-order valence-electron chi connectivity index (χ2n) is 9.98. The molecule has 1 rings (SSSR count). The fourth-order valence-electron chi connectivity index (χ4n) is 5.17. The van der Waals surface area contributed by atoms with Crippen molar-refractivity contribution in [3.05, 3.63) is 0 Å². The molecule has 0 bridgehead atoms. The molecule has 0 aromatic heterocycles. The molecule has 1 fully saturated rings. The summed E-state index contributed by atoms with van der Waals surface area (Å²) in [6.45, 7) is 7.40. The Bertz CT molecular complexity index is 307. The molecule has 1 heteroatoms. The highest BCUT2D eigenvalue weighted by Gasteiger charge is 2.20. The highest BCUT2D eigenvalue weighted by atomic mass is 15.2. The standard InChI is InChI=1S/C28H57N/c1-3-5-7-9-11-13-15-17-19-21-25-28(29-26-22-23-27-29)24-20-18-16-14-12-10-8-6-4-2/h28H,3-27H2,1-2H3. The SMILES string of the molecule is CCCCCCCCCCCCC(CCCCCCCCCCC)N1CCCC1. The lowest BCUT2D eigenvalue weighted by atomic mass is 9.98. The Morgan fingerprint density at radius 3 is 1.10 bits per heavy atom. The van der Waals surface area contributed by atoms with E-state index >= 15 is 0 Å². The van der Waals surface area contributed by atoms with Gasteiger partial charge in [0.15, 0.2) is 0 Å². The van der Waals surface area contributed by atoms with Crippen molar-refractivity contribution >= 4 is 0 Å². The van der Waals surface area contributed by atoms with Gasteiger partial charge >= 0.3 is 0 Å². The molecule has 1 nitrogen and oxygen atoms in total. The molecule has 1 aliphatic rings. The van der Waals surface area contributed by atoms with Crippen molar-refractivity contribution in [3.8, 4) is 0 Å². The lowest BCUT2D eigenvalue weighted by Crippen LogP contribution is -2.32. The van der Waals surface area contributed by atoms with E-state index in [2.05, 4.69) is 18.7 Å². The molecule has 0 spiro atoms. The summed E-state index contributed by atoms with van der Waals surface area (Å²) < 4.78 is 0. The molecular formula is C28H57N. The van der Waals surface area contributed by atoms with Crippen molar-refractivity contribution < 1.29 is 0 Å². The third-order valence-corrected chi connectivity index (χ3v) is 7.19. The van der Waals surface area contributed by atoms with Gasteiger partial charge < -0.3 is 4.90 Å². The van der Waals surface area contributed by atoms with Gasteiger partial charge in [0, 0.05) is 6.04 Å². The van der Waals surface area contributed by atoms with E-state index in [-0.39, 0.29) is 0 Å². The molecule has 0 amide bonds. The molecule has 0 saturated carbocycles. The van der Waals surface area contributed by atoms with Gasteiger partial charge in [0.1, 0.15) is 0 Å². The number of nitrogens with zero attached hydrogens (tertiary/aromatic N) is 1. The van der Waals surface area contributed by atoms with Crippen LogP contribution in [0, 0.1) is 0 Å². The normalized spacial score (nSPS) is 15.9. The second kappa shape index (κ2) is 21.2. The summed E-state index contributed by atoms with van der Waals surface area (Å²) in [5.74, 6) is 0. The number of likely N-dealkylation sites (tertiary alicyclic amines) is 1. The van der Waals surface area contributed by atoms with Gasteiger partial charge in [-0.2, -0.15) is 0 Å². The quantitative estimate of drug-likeness (QED) is 0.161. The van der Waals surface area contributed by atoms with Crippen molar-refractivity contribution in [1.82, 2.24) is 4.90 Å². The first-order valence-corrected chi connectivity index (χ1v) is 14.1. The number of unbranched alkanes of at least 4 members (excludes halogenated alkanes) is 17. The molecule has 0 aliphatic carbocycles. The largest absolute Gasteiger partial charge is 0.300 e. The second-order valence-corrected chi connectivity index (χ2v) is 9.98. The monoisotopic (exact) mass is 407 g/mol. The van der Waals surface area contributed by atoms with Crippen molar-refractivity contribution in [1.29, 1.82) is 0 Å². The molecule has 1 unspecified atom stereocenters. The van der Waals surface area contributed by atoms with Gasteiger partial charge in [0.2, 0.25) is 0 Å². The van der Waals surface area contributed by atoms with Crippen LogP contribution >= 0.6 is 0 Å². The van der Waals surface area contributed by atoms with Crippen molar-refractivity contribution in [3.63, 3.8) is 0 Å². The summed E-state index contributed by atoms with van der Waals surface area (Å²) in [5.41, 5.74) is 0. The van der Waals surface area contributed by atoms with E-state index in [9.17, 15) is 0 Å². The highest BCUT2D eigenvalue weighted by molar-refractivity contribution is 4.76. The van der Waals surface area contributed by atoms with Crippen LogP contribution in [-0.4, -0.2) is 24.0 Å². The Hall–Kier alpha value is -0.0400. The first kappa shape index (κ1) is 27.0. The Morgan fingerprint density at radius 2 is 0.759 bits per heavy atom. The first-order chi connectivity index (χ1) is 14.4. The summed E-state index contributed by atoms with van der Waals surface area (Å²) in [4.78, 5) is 2.85. The maximum atomic E-state index is 2.85. The third kappa shape index (κ3) is 16.3. The van der Waals surface area contributed by atoms with Crippen LogP contribution in [0.2, 0.25) is 0 Å². The zero-order chi connectivity index (χ0) is 20.8. The Labute approximate surface area is 185 Å². The van der Waals surface area contributed by atoms with Gasteiger partial charge in [0.25, 0.3) is 0 Å². The van der Waals surface area contributed by atoms with Crippen LogP contribution in [0.25, 0.3) is 0 Å². The number of rotatable bonds is 22. The molecule has 1 atom stereocenters. The van der Waals surface area contributed by atoms with Crippen LogP contribution in [0.1, 0.15) is 162 Å². The fraction of sp³-hybridized carbons (Fsp3) is 1.00. The van der Waals surface area contributed by atoms with Crippen molar-refractivity contribution in [2.75, 3.05) is 13.1 Å². The van der Waals surface area contributed by atoms with Gasteiger partial charge in [-0.3, -0.25) is 0 Å². The van der Waals surface area contributed by atoms with E-state index in [1.807, 2.05) is 0 Å². The summed E-state index contributed by atoms with van der Waals surface area (Å²) in [6.07, 6.45) is 33.7. The predicted molar refractivity (Wildman–Crippen MR) is 133 cm³/mol. The maximum absolute atomic E-state index is 2.85. The molecule has 29 heavy (non-hydrogen) atoms. The first-order valence-electron chi connectivity index (χ1n) is 14.1. The zero-order valence-electron chi connectivity index (χ0n) is 20.7. The van der Waals surface area contributed by atoms with Gasteiger partial charge in [-0.15, -0.1) is 0 Å². The molecule has 1 aliphatic heterocycles. The smallest absolute Gasteiger partial charge is 0.00952 e. The zero-order valence-corrected chi connectivity index (χ0v) is 20.7. The van der Waals surface area contributed by atoms with E-state index in [0.717, 1.165) is 6.04 Å². The van der Waals surface area contributed by atoms with E-state index in [0.29, 0.717) is 0 Å². The van der Waals surface area contributed by atoms with E-state index < -0.39 is 0 Å². The Morgan fingerprint density at radius 1 is 0.448 bits per heavy atom. The topological polar surface area (TPSA) is 3.24 Å². The molecule has 1 heterocycles. The van der Waals surface area contributed by atoms with E-state index in [1.54, 1.807) is 0 Å². The van der Waals surface area contributed by atoms with Gasteiger partial charge in [-0.1, -0.05) is 136 Å². The molecule has 0 aromatic carbocycles. The van der Waals surface area contributed by atoms with E-state index in [4.69, 9.17) is 0 Å². The Kier molecular flexibility index (Phi) is 19.7. The molecule has 1 saturated heterocycles. The Balaban J connectivity index is 2.00.